The van der Waals surface area contributed by atoms with Crippen LogP contribution in [-0.2, 0) is 24.2 Å². The van der Waals surface area contributed by atoms with Crippen molar-refractivity contribution in [2.45, 2.75) is 45.7 Å². The van der Waals surface area contributed by atoms with Crippen LogP contribution in [0, 0.1) is 11.7 Å². The molecule has 0 saturated heterocycles. The predicted octanol–water partition coefficient (Wildman–Crippen LogP) is 5.16. The molecule has 5 rings (SSSR count). The van der Waals surface area contributed by atoms with Crippen molar-refractivity contribution >= 4 is 33.3 Å². The molecular formula is C26H27FN4OS. The Kier molecular flexibility index (Phi) is 5.66. The molecule has 2 heterocycles. The van der Waals surface area contributed by atoms with Gasteiger partial charge in [-0.1, -0.05) is 43.4 Å². The molecule has 2 aromatic carbocycles. The number of carbonyl (C=O) groups excluding carboxylic acids is 1. The van der Waals surface area contributed by atoms with E-state index >= 15 is 0 Å². The van der Waals surface area contributed by atoms with E-state index in [0.717, 1.165) is 40.8 Å². The fourth-order valence-corrected chi connectivity index (χ4v) is 5.39. The second-order valence-electron chi connectivity index (χ2n) is 9.04. The van der Waals surface area contributed by atoms with Crippen LogP contribution in [0.4, 0.5) is 9.52 Å². The number of carbonyl (C=O) groups is 1. The largest absolute Gasteiger partial charge is 0.375 e. The summed E-state index contributed by atoms with van der Waals surface area (Å²) in [5, 5.41) is 4.94. The van der Waals surface area contributed by atoms with E-state index in [1.54, 1.807) is 12.1 Å². The highest BCUT2D eigenvalue weighted by Crippen LogP contribution is 2.37. The molecule has 0 saturated carbocycles. The lowest BCUT2D eigenvalue weighted by molar-refractivity contribution is -0.124. The Hall–Kier alpha value is -3.19. The standard InChI is InChI=1S/C26H27FN4OS/c1-15(2)25(32)30-19-7-9-23-21(12-19)20-11-17(24-13-29-26(28)33-24)6-8-22(20)31(23)14-16-4-3-5-18(27)10-16/h3-6,8,10-11,13,15,19H,7,9,12,14H2,1-2H3,(H2,28,29)(H,30,32). The van der Waals surface area contributed by atoms with E-state index < -0.39 is 0 Å². The zero-order valence-corrected chi connectivity index (χ0v) is 19.6. The molecule has 170 valence electrons. The smallest absolute Gasteiger partial charge is 0.222 e. The number of hydrogen-bond acceptors (Lipinski definition) is 4. The summed E-state index contributed by atoms with van der Waals surface area (Å²) < 4.78 is 16.2. The second kappa shape index (κ2) is 8.63. The van der Waals surface area contributed by atoms with E-state index in [4.69, 9.17) is 5.73 Å². The van der Waals surface area contributed by atoms with Gasteiger partial charge in [0.15, 0.2) is 5.13 Å². The first-order valence-electron chi connectivity index (χ1n) is 11.3. The SMILES string of the molecule is CC(C)C(=O)NC1CCc2c(c3cc(-c4cnc(N)s4)ccc3n2Cc2cccc(F)c2)C1. The average molecular weight is 463 g/mol. The molecule has 5 nitrogen and oxygen atoms in total. The fraction of sp³-hybridized carbons (Fsp3) is 0.308. The second-order valence-corrected chi connectivity index (χ2v) is 10.1. The maximum atomic E-state index is 13.9. The summed E-state index contributed by atoms with van der Waals surface area (Å²) in [5.74, 6) is -0.170. The summed E-state index contributed by atoms with van der Waals surface area (Å²) in [5.41, 5.74) is 11.5. The molecule has 0 fully saturated rings. The van der Waals surface area contributed by atoms with Crippen LogP contribution in [0.15, 0.2) is 48.7 Å². The van der Waals surface area contributed by atoms with Gasteiger partial charge < -0.3 is 15.6 Å². The summed E-state index contributed by atoms with van der Waals surface area (Å²) in [4.78, 5) is 17.6. The number of fused-ring (bicyclic) bond motifs is 3. The number of nitrogens with zero attached hydrogens (tertiary/aromatic N) is 2. The van der Waals surface area contributed by atoms with Gasteiger partial charge >= 0.3 is 0 Å². The van der Waals surface area contributed by atoms with Crippen LogP contribution >= 0.6 is 11.3 Å². The molecule has 0 aliphatic heterocycles. The van der Waals surface area contributed by atoms with Crippen molar-refractivity contribution in [1.29, 1.82) is 0 Å². The molecule has 3 N–H and O–H groups in total. The van der Waals surface area contributed by atoms with E-state index in [9.17, 15) is 9.18 Å². The summed E-state index contributed by atoms with van der Waals surface area (Å²) in [6.45, 7) is 4.45. The predicted molar refractivity (Wildman–Crippen MR) is 132 cm³/mol. The van der Waals surface area contributed by atoms with Crippen LogP contribution < -0.4 is 11.1 Å². The first-order chi connectivity index (χ1) is 15.9. The first-order valence-corrected chi connectivity index (χ1v) is 12.1. The van der Waals surface area contributed by atoms with Crippen molar-refractivity contribution in [3.8, 4) is 10.4 Å². The fourth-order valence-electron chi connectivity index (χ4n) is 4.71. The summed E-state index contributed by atoms with van der Waals surface area (Å²) in [7, 11) is 0. The normalized spacial score (nSPS) is 15.7. The van der Waals surface area contributed by atoms with Gasteiger partial charge in [0.2, 0.25) is 5.91 Å². The molecule has 1 aliphatic rings. The van der Waals surface area contributed by atoms with E-state index in [2.05, 4.69) is 33.1 Å². The quantitative estimate of drug-likeness (QED) is 0.430. The summed E-state index contributed by atoms with van der Waals surface area (Å²) >= 11 is 1.47. The van der Waals surface area contributed by atoms with Crippen molar-refractivity contribution < 1.29 is 9.18 Å². The molecular weight excluding hydrogens is 435 g/mol. The molecule has 0 spiro atoms. The van der Waals surface area contributed by atoms with Gasteiger partial charge in [-0.05, 0) is 60.2 Å². The third-order valence-electron chi connectivity index (χ3n) is 6.38. The first kappa shape index (κ1) is 21.6. The molecule has 1 atom stereocenters. The van der Waals surface area contributed by atoms with Crippen molar-refractivity contribution in [3.63, 3.8) is 0 Å². The lowest BCUT2D eigenvalue weighted by Crippen LogP contribution is -2.41. The van der Waals surface area contributed by atoms with Crippen LogP contribution in [0.25, 0.3) is 21.3 Å². The molecule has 1 amide bonds. The lowest BCUT2D eigenvalue weighted by Gasteiger charge is -2.26. The van der Waals surface area contributed by atoms with Crippen molar-refractivity contribution in [2.75, 3.05) is 5.73 Å². The molecule has 2 aromatic heterocycles. The summed E-state index contributed by atoms with van der Waals surface area (Å²) in [6, 6.07) is 13.3. The van der Waals surface area contributed by atoms with E-state index in [-0.39, 0.29) is 23.7 Å². The van der Waals surface area contributed by atoms with Crippen LogP contribution in [0.5, 0.6) is 0 Å². The van der Waals surface area contributed by atoms with Gasteiger partial charge in [-0.2, -0.15) is 0 Å². The van der Waals surface area contributed by atoms with Gasteiger partial charge in [-0.15, -0.1) is 0 Å². The zero-order valence-electron chi connectivity index (χ0n) is 18.8. The number of amides is 1. The van der Waals surface area contributed by atoms with Crippen molar-refractivity contribution in [3.05, 3.63) is 71.3 Å². The van der Waals surface area contributed by atoms with Crippen LogP contribution in [0.1, 0.15) is 37.1 Å². The topological polar surface area (TPSA) is 72.9 Å². The Bertz CT molecular complexity index is 1340. The Labute approximate surface area is 196 Å². The minimum atomic E-state index is -0.223. The van der Waals surface area contributed by atoms with E-state index in [1.165, 1.54) is 34.0 Å². The number of nitrogens with two attached hydrogens (primary N) is 1. The molecule has 0 radical (unpaired) electrons. The molecule has 1 aliphatic carbocycles. The van der Waals surface area contributed by atoms with Gasteiger partial charge in [-0.25, -0.2) is 9.37 Å². The highest BCUT2D eigenvalue weighted by atomic mass is 32.1. The van der Waals surface area contributed by atoms with Gasteiger partial charge in [0.25, 0.3) is 0 Å². The van der Waals surface area contributed by atoms with E-state index in [1.807, 2.05) is 26.1 Å². The number of nitrogen functional groups attached to an aromatic ring is 1. The van der Waals surface area contributed by atoms with Gasteiger partial charge in [-0.3, -0.25) is 4.79 Å². The molecule has 33 heavy (non-hydrogen) atoms. The molecule has 4 aromatic rings. The van der Waals surface area contributed by atoms with Crippen molar-refractivity contribution in [1.82, 2.24) is 14.9 Å². The van der Waals surface area contributed by atoms with Gasteiger partial charge in [0, 0.05) is 41.3 Å². The minimum absolute atomic E-state index is 0.0379. The van der Waals surface area contributed by atoms with Gasteiger partial charge in [0.1, 0.15) is 5.82 Å². The zero-order chi connectivity index (χ0) is 23.1. The number of thiazole rings is 1. The van der Waals surface area contributed by atoms with Crippen LogP contribution in [-0.4, -0.2) is 21.5 Å². The lowest BCUT2D eigenvalue weighted by atomic mass is 9.90. The van der Waals surface area contributed by atoms with E-state index in [0.29, 0.717) is 11.7 Å². The molecule has 1 unspecified atom stereocenters. The number of rotatable bonds is 5. The molecule has 7 heteroatoms. The van der Waals surface area contributed by atoms with Crippen LogP contribution in [0.3, 0.4) is 0 Å². The maximum Gasteiger partial charge on any atom is 0.222 e. The number of nitrogens with one attached hydrogen (secondary N) is 1. The Morgan fingerprint density at radius 2 is 2.15 bits per heavy atom. The molecule has 0 bridgehead atoms. The number of aromatic nitrogens is 2. The summed E-state index contributed by atoms with van der Waals surface area (Å²) in [6.07, 6.45) is 4.35. The average Bonchev–Trinajstić information content (AvgIpc) is 3.35. The monoisotopic (exact) mass is 462 g/mol. The Morgan fingerprint density at radius 1 is 1.30 bits per heavy atom. The number of hydrogen-bond donors (Lipinski definition) is 2. The number of halogens is 1. The minimum Gasteiger partial charge on any atom is -0.375 e. The highest BCUT2D eigenvalue weighted by molar-refractivity contribution is 7.18. The Balaban J connectivity index is 1.59. The van der Waals surface area contributed by atoms with Gasteiger partial charge in [0.05, 0.1) is 4.88 Å². The number of benzene rings is 2. The third kappa shape index (κ3) is 4.25. The number of anilines is 1. The maximum absolute atomic E-state index is 13.9. The third-order valence-corrected chi connectivity index (χ3v) is 7.25. The highest BCUT2D eigenvalue weighted by Gasteiger charge is 2.27. The van der Waals surface area contributed by atoms with Crippen molar-refractivity contribution in [2.24, 2.45) is 5.92 Å². The van der Waals surface area contributed by atoms with Crippen LogP contribution in [0.2, 0.25) is 0 Å². The Morgan fingerprint density at radius 3 is 2.88 bits per heavy atom.